The average Bonchev–Trinajstić information content (AvgIpc) is 2.86. The van der Waals surface area contributed by atoms with Crippen molar-refractivity contribution < 1.29 is 0 Å². The molecule has 1 aromatic heterocycles. The first-order valence-electron chi connectivity index (χ1n) is 7.68. The van der Waals surface area contributed by atoms with E-state index in [0.29, 0.717) is 0 Å². The van der Waals surface area contributed by atoms with Gasteiger partial charge in [0.1, 0.15) is 5.01 Å². The molecule has 0 spiro atoms. The standard InChI is InChI=1S/C15H27N3S.ClH/c1-3-5-14-12-19-15(17-14)11-18-8-6-13(7-9-18)10-16-4-2;/h12-13,16H,3-11H2,1-2H3;1H. The second-order valence-electron chi connectivity index (χ2n) is 5.51. The zero-order valence-electron chi connectivity index (χ0n) is 12.7. The van der Waals surface area contributed by atoms with Crippen molar-refractivity contribution in [1.29, 1.82) is 0 Å². The van der Waals surface area contributed by atoms with Gasteiger partial charge in [0.25, 0.3) is 0 Å². The Kier molecular flexibility index (Phi) is 8.69. The van der Waals surface area contributed by atoms with Crippen LogP contribution in [0.25, 0.3) is 0 Å². The summed E-state index contributed by atoms with van der Waals surface area (Å²) in [7, 11) is 0. The Bertz CT molecular complexity index is 362. The molecule has 1 saturated heterocycles. The van der Waals surface area contributed by atoms with Crippen LogP contribution >= 0.6 is 23.7 Å². The molecule has 0 unspecified atom stereocenters. The Morgan fingerprint density at radius 1 is 1.35 bits per heavy atom. The van der Waals surface area contributed by atoms with Gasteiger partial charge in [0.05, 0.1) is 12.2 Å². The number of aromatic nitrogens is 1. The molecule has 1 aliphatic heterocycles. The van der Waals surface area contributed by atoms with E-state index in [2.05, 4.69) is 29.4 Å². The van der Waals surface area contributed by atoms with Crippen molar-refractivity contribution in [2.24, 2.45) is 5.92 Å². The molecule has 3 nitrogen and oxygen atoms in total. The molecule has 1 fully saturated rings. The highest BCUT2D eigenvalue weighted by Gasteiger charge is 2.19. The second-order valence-corrected chi connectivity index (χ2v) is 6.45. The number of halogens is 1. The molecule has 0 bridgehead atoms. The van der Waals surface area contributed by atoms with E-state index in [1.807, 2.05) is 11.3 Å². The molecule has 0 saturated carbocycles. The largest absolute Gasteiger partial charge is 0.317 e. The van der Waals surface area contributed by atoms with Crippen LogP contribution in [0, 0.1) is 5.92 Å². The molecule has 2 heterocycles. The van der Waals surface area contributed by atoms with Gasteiger partial charge in [-0.2, -0.15) is 0 Å². The smallest absolute Gasteiger partial charge is 0.107 e. The molecule has 20 heavy (non-hydrogen) atoms. The van der Waals surface area contributed by atoms with Crippen molar-refractivity contribution in [3.05, 3.63) is 16.1 Å². The van der Waals surface area contributed by atoms with E-state index < -0.39 is 0 Å². The number of hydrogen-bond acceptors (Lipinski definition) is 4. The molecule has 0 atom stereocenters. The number of nitrogens with zero attached hydrogens (tertiary/aromatic N) is 2. The molecule has 0 aromatic carbocycles. The number of piperidine rings is 1. The first-order chi connectivity index (χ1) is 9.31. The molecular formula is C15H28ClN3S. The van der Waals surface area contributed by atoms with Gasteiger partial charge in [-0.1, -0.05) is 20.3 Å². The van der Waals surface area contributed by atoms with Crippen molar-refractivity contribution in [1.82, 2.24) is 15.2 Å². The fourth-order valence-corrected chi connectivity index (χ4v) is 3.55. The molecule has 0 amide bonds. The van der Waals surface area contributed by atoms with Crippen molar-refractivity contribution in [2.75, 3.05) is 26.2 Å². The highest BCUT2D eigenvalue weighted by Crippen LogP contribution is 2.20. The van der Waals surface area contributed by atoms with Gasteiger partial charge >= 0.3 is 0 Å². The SMILES string of the molecule is CCCc1csc(CN2CCC(CNCC)CC2)n1.Cl. The van der Waals surface area contributed by atoms with Gasteiger partial charge < -0.3 is 5.32 Å². The van der Waals surface area contributed by atoms with Gasteiger partial charge in [0.15, 0.2) is 0 Å². The number of nitrogens with one attached hydrogen (secondary N) is 1. The maximum absolute atomic E-state index is 4.73. The predicted molar refractivity (Wildman–Crippen MR) is 89.9 cm³/mol. The third-order valence-corrected chi connectivity index (χ3v) is 4.74. The van der Waals surface area contributed by atoms with Gasteiger partial charge in [-0.3, -0.25) is 4.90 Å². The van der Waals surface area contributed by atoms with E-state index >= 15 is 0 Å². The Labute approximate surface area is 133 Å². The number of aryl methyl sites for hydroxylation is 1. The lowest BCUT2D eigenvalue weighted by molar-refractivity contribution is 0.175. The molecule has 1 N–H and O–H groups in total. The van der Waals surface area contributed by atoms with Crippen LogP contribution in [0.1, 0.15) is 43.8 Å². The summed E-state index contributed by atoms with van der Waals surface area (Å²) in [6.45, 7) is 10.2. The quantitative estimate of drug-likeness (QED) is 0.836. The summed E-state index contributed by atoms with van der Waals surface area (Å²) in [5, 5.41) is 7.00. The third kappa shape index (κ3) is 5.68. The van der Waals surface area contributed by atoms with Crippen molar-refractivity contribution in [3.63, 3.8) is 0 Å². The van der Waals surface area contributed by atoms with E-state index in [0.717, 1.165) is 25.4 Å². The predicted octanol–water partition coefficient (Wildman–Crippen LogP) is 3.34. The maximum Gasteiger partial charge on any atom is 0.107 e. The number of rotatable bonds is 7. The summed E-state index contributed by atoms with van der Waals surface area (Å²) < 4.78 is 0. The van der Waals surface area contributed by atoms with Crippen LogP contribution in [-0.2, 0) is 13.0 Å². The number of likely N-dealkylation sites (tertiary alicyclic amines) is 1. The van der Waals surface area contributed by atoms with E-state index in [1.165, 1.54) is 49.6 Å². The van der Waals surface area contributed by atoms with Gasteiger partial charge in [-0.05, 0) is 51.4 Å². The van der Waals surface area contributed by atoms with Gasteiger partial charge in [0.2, 0.25) is 0 Å². The summed E-state index contributed by atoms with van der Waals surface area (Å²) in [4.78, 5) is 7.29. The fourth-order valence-electron chi connectivity index (χ4n) is 2.68. The first-order valence-corrected chi connectivity index (χ1v) is 8.56. The molecule has 0 radical (unpaired) electrons. The summed E-state index contributed by atoms with van der Waals surface area (Å²) in [6.07, 6.45) is 4.99. The molecule has 1 aromatic rings. The minimum Gasteiger partial charge on any atom is -0.317 e. The topological polar surface area (TPSA) is 28.2 Å². The van der Waals surface area contributed by atoms with Gasteiger partial charge in [-0.25, -0.2) is 4.98 Å². The summed E-state index contributed by atoms with van der Waals surface area (Å²) in [6, 6.07) is 0. The molecule has 0 aliphatic carbocycles. The van der Waals surface area contributed by atoms with Crippen LogP contribution < -0.4 is 5.32 Å². The Balaban J connectivity index is 0.00000200. The molecule has 2 rings (SSSR count). The van der Waals surface area contributed by atoms with Gasteiger partial charge in [0, 0.05) is 5.38 Å². The number of hydrogen-bond donors (Lipinski definition) is 1. The highest BCUT2D eigenvalue weighted by atomic mass is 35.5. The summed E-state index contributed by atoms with van der Waals surface area (Å²) in [5.74, 6) is 0.878. The van der Waals surface area contributed by atoms with Crippen LogP contribution in [0.15, 0.2) is 5.38 Å². The summed E-state index contributed by atoms with van der Waals surface area (Å²) in [5.41, 5.74) is 1.28. The molecule has 1 aliphatic rings. The molecule has 116 valence electrons. The minimum atomic E-state index is 0. The van der Waals surface area contributed by atoms with Crippen molar-refractivity contribution in [2.45, 2.75) is 46.1 Å². The maximum atomic E-state index is 4.73. The third-order valence-electron chi connectivity index (χ3n) is 3.85. The Morgan fingerprint density at radius 2 is 2.10 bits per heavy atom. The van der Waals surface area contributed by atoms with Crippen LogP contribution in [0.5, 0.6) is 0 Å². The first kappa shape index (κ1) is 17.9. The second kappa shape index (κ2) is 9.72. The lowest BCUT2D eigenvalue weighted by Gasteiger charge is -2.31. The van der Waals surface area contributed by atoms with Crippen molar-refractivity contribution in [3.8, 4) is 0 Å². The van der Waals surface area contributed by atoms with Crippen LogP contribution in [-0.4, -0.2) is 36.1 Å². The normalized spacial score (nSPS) is 17.1. The molecule has 5 heteroatoms. The average molecular weight is 318 g/mol. The van der Waals surface area contributed by atoms with E-state index in [-0.39, 0.29) is 12.4 Å². The zero-order valence-corrected chi connectivity index (χ0v) is 14.4. The van der Waals surface area contributed by atoms with Crippen LogP contribution in [0.4, 0.5) is 0 Å². The van der Waals surface area contributed by atoms with E-state index in [9.17, 15) is 0 Å². The fraction of sp³-hybridized carbons (Fsp3) is 0.800. The van der Waals surface area contributed by atoms with Gasteiger partial charge in [-0.15, -0.1) is 23.7 Å². The van der Waals surface area contributed by atoms with Crippen LogP contribution in [0.2, 0.25) is 0 Å². The molecular weight excluding hydrogens is 290 g/mol. The van der Waals surface area contributed by atoms with Crippen molar-refractivity contribution >= 4 is 23.7 Å². The van der Waals surface area contributed by atoms with E-state index in [1.54, 1.807) is 0 Å². The minimum absolute atomic E-state index is 0. The Morgan fingerprint density at radius 3 is 2.75 bits per heavy atom. The Hall–Kier alpha value is -0.160. The van der Waals surface area contributed by atoms with Crippen LogP contribution in [0.3, 0.4) is 0 Å². The summed E-state index contributed by atoms with van der Waals surface area (Å²) >= 11 is 1.83. The zero-order chi connectivity index (χ0) is 13.5. The lowest BCUT2D eigenvalue weighted by atomic mass is 9.97. The monoisotopic (exact) mass is 317 g/mol. The number of thiazole rings is 1. The van der Waals surface area contributed by atoms with E-state index in [4.69, 9.17) is 4.98 Å². The lowest BCUT2D eigenvalue weighted by Crippen LogP contribution is -2.36. The highest BCUT2D eigenvalue weighted by molar-refractivity contribution is 7.09.